The first-order valence-electron chi connectivity index (χ1n) is 8.91. The molecule has 0 bridgehead atoms. The average Bonchev–Trinajstić information content (AvgIpc) is 2.64. The topological polar surface area (TPSA) is 68.6 Å². The summed E-state index contributed by atoms with van der Waals surface area (Å²) in [5.41, 5.74) is 0.602. The normalized spacial score (nSPS) is 20.6. The van der Waals surface area contributed by atoms with Crippen molar-refractivity contribution in [3.05, 3.63) is 29.8 Å². The van der Waals surface area contributed by atoms with Crippen molar-refractivity contribution < 1.29 is 9.53 Å². The Hall–Kier alpha value is -2.26. The van der Waals surface area contributed by atoms with E-state index < -0.39 is 0 Å². The second-order valence-electron chi connectivity index (χ2n) is 6.55. The van der Waals surface area contributed by atoms with E-state index in [2.05, 4.69) is 30.1 Å². The van der Waals surface area contributed by atoms with Gasteiger partial charge >= 0.3 is 6.03 Å². The Morgan fingerprint density at radius 3 is 2.76 bits per heavy atom. The molecule has 0 aliphatic carbocycles. The lowest BCUT2D eigenvalue weighted by Crippen LogP contribution is -2.53. The molecule has 1 aliphatic heterocycles. The largest absolute Gasteiger partial charge is 0.492 e. The molecule has 0 unspecified atom stereocenters. The first-order valence-corrected chi connectivity index (χ1v) is 8.91. The lowest BCUT2D eigenvalue weighted by Gasteiger charge is -2.40. The monoisotopic (exact) mass is 344 g/mol. The van der Waals surface area contributed by atoms with Gasteiger partial charge < -0.3 is 19.9 Å². The fourth-order valence-corrected chi connectivity index (χ4v) is 3.31. The predicted octanol–water partition coefficient (Wildman–Crippen LogP) is 2.31. The molecular weight excluding hydrogens is 316 g/mol. The molecule has 1 aromatic carbocycles. The highest BCUT2D eigenvalue weighted by molar-refractivity contribution is 5.74. The second-order valence-corrected chi connectivity index (χ2v) is 6.55. The maximum atomic E-state index is 12.3. The van der Waals surface area contributed by atoms with Crippen LogP contribution in [0.5, 0.6) is 5.75 Å². The van der Waals surface area contributed by atoms with E-state index in [1.807, 2.05) is 11.9 Å². The van der Waals surface area contributed by atoms with Gasteiger partial charge in [0, 0.05) is 26.2 Å². The molecule has 1 saturated heterocycles. The molecule has 1 N–H and O–H groups in total. The van der Waals surface area contributed by atoms with Gasteiger partial charge in [0.15, 0.2) is 0 Å². The van der Waals surface area contributed by atoms with Crippen LogP contribution < -0.4 is 10.1 Å². The van der Waals surface area contributed by atoms with Crippen LogP contribution in [0.25, 0.3) is 0 Å². The Morgan fingerprint density at radius 1 is 1.44 bits per heavy atom. The third-order valence-corrected chi connectivity index (χ3v) is 4.84. The Bertz CT molecular complexity index is 596. The Balaban J connectivity index is 1.71. The zero-order chi connectivity index (χ0) is 18.2. The number of carbonyl (C=O) groups excluding carboxylic acids is 1. The van der Waals surface area contributed by atoms with E-state index in [9.17, 15) is 4.79 Å². The molecule has 1 heterocycles. The molecule has 0 saturated carbocycles. The third kappa shape index (κ3) is 5.36. The van der Waals surface area contributed by atoms with Gasteiger partial charge in [0.25, 0.3) is 0 Å². The second kappa shape index (κ2) is 9.28. The molecule has 25 heavy (non-hydrogen) atoms. The van der Waals surface area contributed by atoms with Crippen molar-refractivity contribution in [1.29, 1.82) is 5.26 Å². The van der Waals surface area contributed by atoms with Crippen LogP contribution in [0.4, 0.5) is 4.79 Å². The number of hydrogen-bond acceptors (Lipinski definition) is 4. The van der Waals surface area contributed by atoms with Crippen molar-refractivity contribution in [3.8, 4) is 11.8 Å². The summed E-state index contributed by atoms with van der Waals surface area (Å²) >= 11 is 0. The zero-order valence-corrected chi connectivity index (χ0v) is 15.4. The number of nitrogens with zero attached hydrogens (tertiary/aromatic N) is 3. The summed E-state index contributed by atoms with van der Waals surface area (Å²) in [5, 5.41) is 11.7. The molecule has 2 amide bonds. The maximum absolute atomic E-state index is 12.3. The fourth-order valence-electron chi connectivity index (χ4n) is 3.31. The first-order chi connectivity index (χ1) is 12.0. The van der Waals surface area contributed by atoms with Crippen molar-refractivity contribution in [2.75, 3.05) is 39.8 Å². The summed E-state index contributed by atoms with van der Waals surface area (Å²) < 4.78 is 5.58. The van der Waals surface area contributed by atoms with Gasteiger partial charge in [-0.3, -0.25) is 0 Å². The van der Waals surface area contributed by atoms with E-state index in [-0.39, 0.29) is 12.1 Å². The van der Waals surface area contributed by atoms with Crippen LogP contribution in [-0.2, 0) is 0 Å². The quantitative estimate of drug-likeness (QED) is 0.804. The molecule has 0 aromatic heterocycles. The average molecular weight is 344 g/mol. The molecule has 6 heteroatoms. The molecule has 0 radical (unpaired) electrons. The number of piperidine rings is 1. The van der Waals surface area contributed by atoms with Crippen molar-refractivity contribution >= 4 is 6.03 Å². The minimum atomic E-state index is -0.0507. The first kappa shape index (κ1) is 19.1. The fraction of sp³-hybridized carbons (Fsp3) is 0.579. The van der Waals surface area contributed by atoms with Crippen molar-refractivity contribution in [1.82, 2.24) is 15.1 Å². The van der Waals surface area contributed by atoms with Crippen molar-refractivity contribution in [2.45, 2.75) is 26.3 Å². The minimum Gasteiger partial charge on any atom is -0.492 e. The SMILES string of the molecule is CCN1CC[C@H](N(C)C(=O)NCCOc2ccc(C#N)cc2)[C@H](C)C1. The van der Waals surface area contributed by atoms with E-state index in [0.717, 1.165) is 26.1 Å². The standard InChI is InChI=1S/C19H28N4O2/c1-4-23-11-9-18(15(2)14-23)22(3)19(24)21-10-12-25-17-7-5-16(13-20)6-8-17/h5-8,15,18H,4,9-12,14H2,1-3H3,(H,21,24)/t15-,18+/m1/s1. The smallest absolute Gasteiger partial charge is 0.317 e. The number of nitrogens with one attached hydrogen (secondary N) is 1. The summed E-state index contributed by atoms with van der Waals surface area (Å²) in [5.74, 6) is 1.17. The summed E-state index contributed by atoms with van der Waals surface area (Å²) in [6, 6.07) is 9.25. The number of nitriles is 1. The molecule has 1 fully saturated rings. The summed E-state index contributed by atoms with van der Waals surface area (Å²) in [6.07, 6.45) is 1.01. The molecule has 6 nitrogen and oxygen atoms in total. The van der Waals surface area contributed by atoms with Gasteiger partial charge in [-0.05, 0) is 43.1 Å². The van der Waals surface area contributed by atoms with Gasteiger partial charge in [-0.2, -0.15) is 5.26 Å². The van der Waals surface area contributed by atoms with Crippen LogP contribution in [0.1, 0.15) is 25.8 Å². The van der Waals surface area contributed by atoms with E-state index >= 15 is 0 Å². The van der Waals surface area contributed by atoms with Crippen LogP contribution in [0.15, 0.2) is 24.3 Å². The molecule has 1 aromatic rings. The van der Waals surface area contributed by atoms with Gasteiger partial charge in [0.2, 0.25) is 0 Å². The third-order valence-electron chi connectivity index (χ3n) is 4.84. The van der Waals surface area contributed by atoms with Gasteiger partial charge in [-0.25, -0.2) is 4.79 Å². The predicted molar refractivity (Wildman–Crippen MR) is 97.5 cm³/mol. The number of amides is 2. The Labute approximate surface area is 150 Å². The summed E-state index contributed by atoms with van der Waals surface area (Å²) in [6.45, 7) is 8.40. The van der Waals surface area contributed by atoms with Gasteiger partial charge in [-0.15, -0.1) is 0 Å². The highest BCUT2D eigenvalue weighted by Gasteiger charge is 2.30. The van der Waals surface area contributed by atoms with Crippen LogP contribution in [0, 0.1) is 17.2 Å². The summed E-state index contributed by atoms with van der Waals surface area (Å²) in [7, 11) is 1.87. The molecule has 2 rings (SSSR count). The number of carbonyl (C=O) groups is 1. The van der Waals surface area contributed by atoms with Crippen LogP contribution in [0.2, 0.25) is 0 Å². The van der Waals surface area contributed by atoms with Crippen LogP contribution in [-0.4, -0.2) is 61.7 Å². The summed E-state index contributed by atoms with van der Waals surface area (Å²) in [4.78, 5) is 16.6. The number of ether oxygens (including phenoxy) is 1. The van der Waals surface area contributed by atoms with E-state index in [1.54, 1.807) is 24.3 Å². The van der Waals surface area contributed by atoms with Crippen LogP contribution in [0.3, 0.4) is 0 Å². The highest BCUT2D eigenvalue weighted by Crippen LogP contribution is 2.21. The van der Waals surface area contributed by atoms with Crippen molar-refractivity contribution in [2.24, 2.45) is 5.92 Å². The molecule has 1 aliphatic rings. The van der Waals surface area contributed by atoms with Crippen LogP contribution >= 0.6 is 0 Å². The number of urea groups is 1. The van der Waals surface area contributed by atoms with E-state index in [4.69, 9.17) is 10.00 Å². The lowest BCUT2D eigenvalue weighted by atomic mass is 9.93. The maximum Gasteiger partial charge on any atom is 0.317 e. The van der Waals surface area contributed by atoms with Crippen molar-refractivity contribution in [3.63, 3.8) is 0 Å². The number of likely N-dealkylation sites (tertiary alicyclic amines) is 1. The molecule has 136 valence electrons. The number of hydrogen-bond donors (Lipinski definition) is 1. The van der Waals surface area contributed by atoms with Gasteiger partial charge in [0.1, 0.15) is 12.4 Å². The molecule has 0 spiro atoms. The van der Waals surface area contributed by atoms with Gasteiger partial charge in [-0.1, -0.05) is 13.8 Å². The van der Waals surface area contributed by atoms with Gasteiger partial charge in [0.05, 0.1) is 18.2 Å². The Morgan fingerprint density at radius 2 is 2.16 bits per heavy atom. The number of rotatable bonds is 6. The number of benzene rings is 1. The molecular formula is C19H28N4O2. The minimum absolute atomic E-state index is 0.0507. The zero-order valence-electron chi connectivity index (χ0n) is 15.4. The van der Waals surface area contributed by atoms with E-state index in [1.165, 1.54) is 0 Å². The Kier molecular flexibility index (Phi) is 7.08. The van der Waals surface area contributed by atoms with E-state index in [0.29, 0.717) is 30.4 Å². The molecule has 2 atom stereocenters. The highest BCUT2D eigenvalue weighted by atomic mass is 16.5. The lowest BCUT2D eigenvalue weighted by molar-refractivity contribution is 0.0960.